The minimum Gasteiger partial charge on any atom is -0.353 e. The molecule has 0 fully saturated rings. The summed E-state index contributed by atoms with van der Waals surface area (Å²) < 4.78 is 0. The normalized spacial score (nSPS) is 14.4. The predicted octanol–water partition coefficient (Wildman–Crippen LogP) is 1.13. The average Bonchev–Trinajstić information content (AvgIpc) is 2.84. The number of nitro groups is 1. The van der Waals surface area contributed by atoms with E-state index in [0.29, 0.717) is 12.5 Å². The molecule has 1 heterocycles. The molecule has 7 nitrogen and oxygen atoms in total. The van der Waals surface area contributed by atoms with E-state index in [9.17, 15) is 10.1 Å². The third kappa shape index (κ3) is 2.75. The molecule has 1 aliphatic heterocycles. The van der Waals surface area contributed by atoms with Gasteiger partial charge in [-0.2, -0.15) is 5.10 Å². The number of aliphatic imine (C=N–C) groups is 1. The minimum atomic E-state index is -0.501. The summed E-state index contributed by atoms with van der Waals surface area (Å²) in [7, 11) is 0. The van der Waals surface area contributed by atoms with Gasteiger partial charge in [0.15, 0.2) is 0 Å². The summed E-state index contributed by atoms with van der Waals surface area (Å²) in [5.74, 6) is 0.543. The van der Waals surface area contributed by atoms with Crippen molar-refractivity contribution in [3.63, 3.8) is 0 Å². The van der Waals surface area contributed by atoms with Crippen LogP contribution < -0.4 is 10.7 Å². The molecule has 0 radical (unpaired) electrons. The number of nitro benzene ring substituents is 1. The first-order valence-electron chi connectivity index (χ1n) is 5.19. The summed E-state index contributed by atoms with van der Waals surface area (Å²) in [5.41, 5.74) is 2.82. The maximum absolute atomic E-state index is 10.8. The molecule has 1 aromatic carbocycles. The monoisotopic (exact) mass is 267 g/mol. The van der Waals surface area contributed by atoms with Crippen molar-refractivity contribution in [3.05, 3.63) is 38.9 Å². The van der Waals surface area contributed by atoms with Gasteiger partial charge >= 0.3 is 0 Å². The smallest absolute Gasteiger partial charge is 0.279 e. The minimum absolute atomic E-state index is 0.0885. The molecular weight excluding hydrogens is 258 g/mol. The van der Waals surface area contributed by atoms with Crippen molar-refractivity contribution in [1.29, 1.82) is 0 Å². The van der Waals surface area contributed by atoms with Crippen LogP contribution in [0.3, 0.4) is 0 Å². The first-order chi connectivity index (χ1) is 8.68. The molecule has 0 unspecified atom stereocenters. The average molecular weight is 268 g/mol. The lowest BCUT2D eigenvalue weighted by Gasteiger charge is -2.01. The van der Waals surface area contributed by atoms with Crippen LogP contribution in [0.1, 0.15) is 5.56 Å². The summed E-state index contributed by atoms with van der Waals surface area (Å²) in [6, 6.07) is 4.47. The molecule has 1 aliphatic rings. The van der Waals surface area contributed by atoms with E-state index in [4.69, 9.17) is 11.6 Å². The Labute approximate surface area is 108 Å². The molecule has 2 N–H and O–H groups in total. The third-order valence-electron chi connectivity index (χ3n) is 2.26. The van der Waals surface area contributed by atoms with Crippen LogP contribution in [0.2, 0.25) is 5.02 Å². The van der Waals surface area contributed by atoms with Crippen LogP contribution in [0.4, 0.5) is 5.69 Å². The third-order valence-corrected chi connectivity index (χ3v) is 2.59. The Balaban J connectivity index is 2.17. The fraction of sp³-hybridized carbons (Fsp3) is 0.200. The highest BCUT2D eigenvalue weighted by Crippen LogP contribution is 2.24. The Morgan fingerprint density at radius 1 is 1.61 bits per heavy atom. The van der Waals surface area contributed by atoms with E-state index in [1.54, 1.807) is 6.07 Å². The van der Waals surface area contributed by atoms with Crippen molar-refractivity contribution in [1.82, 2.24) is 10.7 Å². The van der Waals surface area contributed by atoms with Gasteiger partial charge in [-0.05, 0) is 6.07 Å². The molecule has 18 heavy (non-hydrogen) atoms. The highest BCUT2D eigenvalue weighted by molar-refractivity contribution is 6.33. The Kier molecular flexibility index (Phi) is 3.73. The van der Waals surface area contributed by atoms with Crippen molar-refractivity contribution < 1.29 is 4.92 Å². The maximum Gasteiger partial charge on any atom is 0.279 e. The second-order valence-corrected chi connectivity index (χ2v) is 3.86. The van der Waals surface area contributed by atoms with Crippen molar-refractivity contribution in [2.45, 2.75) is 0 Å². The highest BCUT2D eigenvalue weighted by Gasteiger charge is 2.14. The van der Waals surface area contributed by atoms with Crippen molar-refractivity contribution in [3.8, 4) is 0 Å². The van der Waals surface area contributed by atoms with Crippen LogP contribution in [0.15, 0.2) is 28.3 Å². The van der Waals surface area contributed by atoms with Gasteiger partial charge in [-0.25, -0.2) is 10.4 Å². The van der Waals surface area contributed by atoms with E-state index in [-0.39, 0.29) is 16.3 Å². The Bertz CT molecular complexity index is 529. The molecule has 0 aromatic heterocycles. The van der Waals surface area contributed by atoms with Gasteiger partial charge in [-0.1, -0.05) is 17.7 Å². The molecule has 0 bridgehead atoms. The summed E-state index contributed by atoms with van der Waals surface area (Å²) >= 11 is 5.90. The van der Waals surface area contributed by atoms with E-state index in [1.165, 1.54) is 18.3 Å². The van der Waals surface area contributed by atoms with Crippen LogP contribution in [-0.2, 0) is 0 Å². The van der Waals surface area contributed by atoms with E-state index >= 15 is 0 Å². The molecule has 2 rings (SSSR count). The lowest BCUT2D eigenvalue weighted by Crippen LogP contribution is -2.30. The number of nitrogens with one attached hydrogen (secondary N) is 2. The van der Waals surface area contributed by atoms with Gasteiger partial charge in [0.05, 0.1) is 28.3 Å². The van der Waals surface area contributed by atoms with E-state index in [2.05, 4.69) is 20.8 Å². The van der Waals surface area contributed by atoms with Gasteiger partial charge < -0.3 is 5.32 Å². The van der Waals surface area contributed by atoms with Gasteiger partial charge in [0.25, 0.3) is 5.69 Å². The van der Waals surface area contributed by atoms with Crippen molar-refractivity contribution in [2.75, 3.05) is 13.1 Å². The second-order valence-electron chi connectivity index (χ2n) is 3.46. The van der Waals surface area contributed by atoms with E-state index in [1.807, 2.05) is 0 Å². The highest BCUT2D eigenvalue weighted by atomic mass is 35.5. The van der Waals surface area contributed by atoms with Gasteiger partial charge in [0.2, 0.25) is 5.96 Å². The van der Waals surface area contributed by atoms with Crippen molar-refractivity contribution in [2.24, 2.45) is 10.1 Å². The predicted molar refractivity (Wildman–Crippen MR) is 69.1 cm³/mol. The Hall–Kier alpha value is -2.15. The summed E-state index contributed by atoms with van der Waals surface area (Å²) in [4.78, 5) is 14.4. The standard InChI is InChI=1S/C10H10ClN5O2/c11-8-2-1-3-9(16(17)18)7(8)6-14-15-10-12-4-5-13-10/h1-3,6H,4-5H2,(H2,12,13,15). The molecule has 94 valence electrons. The van der Waals surface area contributed by atoms with Crippen LogP contribution in [0.5, 0.6) is 0 Å². The van der Waals surface area contributed by atoms with Crippen molar-refractivity contribution >= 4 is 29.5 Å². The molecule has 1 aromatic rings. The number of guanidine groups is 1. The topological polar surface area (TPSA) is 91.9 Å². The first-order valence-corrected chi connectivity index (χ1v) is 5.56. The van der Waals surface area contributed by atoms with Crippen LogP contribution in [0.25, 0.3) is 0 Å². The van der Waals surface area contributed by atoms with E-state index < -0.39 is 4.92 Å². The molecule has 0 amide bonds. The fourth-order valence-electron chi connectivity index (χ4n) is 1.44. The molecule has 0 saturated carbocycles. The zero-order valence-corrected chi connectivity index (χ0v) is 10.0. The number of hydrogen-bond acceptors (Lipinski definition) is 6. The van der Waals surface area contributed by atoms with Crippen LogP contribution in [-0.4, -0.2) is 30.2 Å². The van der Waals surface area contributed by atoms with Gasteiger partial charge in [0.1, 0.15) is 0 Å². The number of nitrogens with zero attached hydrogens (tertiary/aromatic N) is 3. The summed E-state index contributed by atoms with van der Waals surface area (Å²) in [6.45, 7) is 1.44. The number of hydrazone groups is 1. The van der Waals surface area contributed by atoms with Crippen LogP contribution >= 0.6 is 11.6 Å². The summed E-state index contributed by atoms with van der Waals surface area (Å²) in [6.07, 6.45) is 1.31. The molecule has 0 atom stereocenters. The number of hydrogen-bond donors (Lipinski definition) is 2. The maximum atomic E-state index is 10.8. The van der Waals surface area contributed by atoms with E-state index in [0.717, 1.165) is 6.54 Å². The molecular formula is C10H10ClN5O2. The zero-order chi connectivity index (χ0) is 13.0. The lowest BCUT2D eigenvalue weighted by atomic mass is 10.2. The van der Waals surface area contributed by atoms with Gasteiger partial charge in [-0.15, -0.1) is 0 Å². The Morgan fingerprint density at radius 2 is 2.44 bits per heavy atom. The SMILES string of the molecule is O=[N+]([O-])c1cccc(Cl)c1C=NNC1=NCCN1. The number of benzene rings is 1. The number of halogens is 1. The van der Waals surface area contributed by atoms with Gasteiger partial charge in [0, 0.05) is 12.6 Å². The zero-order valence-electron chi connectivity index (χ0n) is 9.26. The molecule has 8 heteroatoms. The number of rotatable bonds is 3. The fourth-order valence-corrected chi connectivity index (χ4v) is 1.66. The Morgan fingerprint density at radius 3 is 3.11 bits per heavy atom. The first kappa shape index (κ1) is 12.3. The molecule has 0 spiro atoms. The largest absolute Gasteiger partial charge is 0.353 e. The van der Waals surface area contributed by atoms with Crippen LogP contribution in [0, 0.1) is 10.1 Å². The molecule has 0 saturated heterocycles. The second kappa shape index (κ2) is 5.46. The lowest BCUT2D eigenvalue weighted by molar-refractivity contribution is -0.385. The quantitative estimate of drug-likeness (QED) is 0.488. The molecule has 0 aliphatic carbocycles. The summed E-state index contributed by atoms with van der Waals surface area (Å²) in [5, 5.41) is 17.9. The van der Waals surface area contributed by atoms with Gasteiger partial charge in [-0.3, -0.25) is 10.1 Å².